The molecule has 0 aromatic carbocycles. The summed E-state index contributed by atoms with van der Waals surface area (Å²) in [6, 6.07) is 0. The Labute approximate surface area is 41.4 Å². The molecule has 0 heterocycles. The van der Waals surface area contributed by atoms with Crippen molar-refractivity contribution in [1.29, 1.82) is 0 Å². The fourth-order valence-corrected chi connectivity index (χ4v) is 0.164. The number of hydrogen-bond acceptors (Lipinski definition) is 1. The molecule has 0 bridgehead atoms. The molecule has 2 N–H and O–H groups in total. The van der Waals surface area contributed by atoms with E-state index in [4.69, 9.17) is 0 Å². The minimum absolute atomic E-state index is 0.386. The van der Waals surface area contributed by atoms with Crippen molar-refractivity contribution >= 4 is 5.91 Å². The molecule has 0 spiro atoms. The van der Waals surface area contributed by atoms with E-state index in [-0.39, 0.29) is 6.61 Å². The van der Waals surface area contributed by atoms with Crippen molar-refractivity contribution < 1.29 is 9.90 Å². The quantitative estimate of drug-likeness (QED) is 0.465. The molecule has 0 atom stereocenters. The minimum Gasteiger partial charge on any atom is -0.366 e. The molecule has 39 valence electrons. The summed E-state index contributed by atoms with van der Waals surface area (Å²) in [5.74, 6) is -0.573. The fourth-order valence-electron chi connectivity index (χ4n) is 0.164. The summed E-state index contributed by atoms with van der Waals surface area (Å²) in [5, 5.41) is 9.54. The van der Waals surface area contributed by atoms with Crippen LogP contribution in [0.4, 0.5) is 0 Å². The molecule has 7 heavy (non-hydrogen) atoms. The molecule has 0 unspecified atom stereocenters. The third kappa shape index (κ3) is 5.17. The van der Waals surface area contributed by atoms with Crippen LogP contribution in [0.1, 0.15) is 0 Å². The number of amides is 1. The van der Waals surface area contributed by atoms with Crippen LogP contribution < -0.4 is 5.73 Å². The summed E-state index contributed by atoms with van der Waals surface area (Å²) in [7, 11) is 0. The number of primary amides is 1. The molecule has 0 rings (SSSR count). The zero-order valence-corrected chi connectivity index (χ0v) is 3.76. The molecule has 3 nitrogen and oxygen atoms in total. The number of hydrogen-bond donors (Lipinski definition) is 1. The minimum atomic E-state index is -0.573. The van der Waals surface area contributed by atoms with Crippen molar-refractivity contribution in [3.63, 3.8) is 0 Å². The van der Waals surface area contributed by atoms with Gasteiger partial charge in [0.25, 0.3) is 0 Å². The smallest absolute Gasteiger partial charge is 0.241 e. The van der Waals surface area contributed by atoms with Crippen molar-refractivity contribution in [3.8, 4) is 0 Å². The van der Waals surface area contributed by atoms with Crippen LogP contribution in [0.2, 0.25) is 0 Å². The van der Waals surface area contributed by atoms with Gasteiger partial charge < -0.3 is 5.73 Å². The Morgan fingerprint density at radius 3 is 2.43 bits per heavy atom. The van der Waals surface area contributed by atoms with Crippen molar-refractivity contribution in [3.05, 3.63) is 12.2 Å². The average molecular weight is 100 g/mol. The van der Waals surface area contributed by atoms with E-state index in [1.807, 2.05) is 0 Å². The third-order valence-corrected chi connectivity index (χ3v) is 0.378. The van der Waals surface area contributed by atoms with Gasteiger partial charge in [-0.05, 0) is 0 Å². The Morgan fingerprint density at radius 1 is 1.71 bits per heavy atom. The van der Waals surface area contributed by atoms with Crippen molar-refractivity contribution in [2.45, 2.75) is 0 Å². The Bertz CT molecular complexity index is 87.7. The highest BCUT2D eigenvalue weighted by molar-refractivity contribution is 5.85. The van der Waals surface area contributed by atoms with Gasteiger partial charge in [-0.15, -0.1) is 0 Å². The van der Waals surface area contributed by atoms with Gasteiger partial charge in [-0.25, -0.2) is 5.11 Å². The van der Waals surface area contributed by atoms with Crippen LogP contribution in [0.25, 0.3) is 0 Å². The first kappa shape index (κ1) is 6.17. The maximum atomic E-state index is 9.75. The van der Waals surface area contributed by atoms with E-state index < -0.39 is 5.91 Å². The second kappa shape index (κ2) is 3.36. The van der Waals surface area contributed by atoms with Gasteiger partial charge in [-0.3, -0.25) is 4.79 Å². The first-order valence-corrected chi connectivity index (χ1v) is 1.81. The SMILES string of the molecule is NC(=O)C=CC[O]. The molecular formula is C4H6NO2. The van der Waals surface area contributed by atoms with Gasteiger partial charge in [0.05, 0.1) is 0 Å². The molecule has 0 aliphatic heterocycles. The van der Waals surface area contributed by atoms with Crippen molar-refractivity contribution in [2.75, 3.05) is 6.61 Å². The molecule has 0 aromatic rings. The lowest BCUT2D eigenvalue weighted by atomic mass is 10.5. The first-order valence-electron chi connectivity index (χ1n) is 1.81. The number of nitrogens with two attached hydrogens (primary N) is 1. The van der Waals surface area contributed by atoms with Crippen LogP contribution in [0.5, 0.6) is 0 Å². The molecule has 0 aromatic heterocycles. The van der Waals surface area contributed by atoms with E-state index in [0.717, 1.165) is 6.08 Å². The van der Waals surface area contributed by atoms with E-state index in [1.54, 1.807) is 0 Å². The van der Waals surface area contributed by atoms with E-state index >= 15 is 0 Å². The number of rotatable bonds is 2. The lowest BCUT2D eigenvalue weighted by Gasteiger charge is -1.73. The van der Waals surface area contributed by atoms with Gasteiger partial charge in [-0.1, -0.05) is 6.08 Å². The Hall–Kier alpha value is -0.830. The van der Waals surface area contributed by atoms with Crippen molar-refractivity contribution in [2.24, 2.45) is 5.73 Å². The topological polar surface area (TPSA) is 63.0 Å². The second-order valence-electron chi connectivity index (χ2n) is 0.971. The molecular weight excluding hydrogens is 94.0 g/mol. The van der Waals surface area contributed by atoms with Crippen LogP contribution in [-0.2, 0) is 9.90 Å². The van der Waals surface area contributed by atoms with E-state index in [0.29, 0.717) is 0 Å². The largest absolute Gasteiger partial charge is 0.366 e. The summed E-state index contributed by atoms with van der Waals surface area (Å²) in [6.45, 7) is -0.386. The molecule has 0 fully saturated rings. The van der Waals surface area contributed by atoms with Crippen LogP contribution in [0, 0.1) is 0 Å². The Kier molecular flexibility index (Phi) is 2.96. The molecule has 0 aliphatic carbocycles. The molecule has 0 saturated heterocycles. The summed E-state index contributed by atoms with van der Waals surface area (Å²) >= 11 is 0. The molecule has 0 saturated carbocycles. The zero-order valence-electron chi connectivity index (χ0n) is 3.76. The molecule has 1 amide bonds. The highest BCUT2D eigenvalue weighted by Crippen LogP contribution is 1.65. The standard InChI is InChI=1S/C4H6NO2/c5-4(7)2-1-3-6/h1-2H,3H2,(H2,5,7). The van der Waals surface area contributed by atoms with E-state index in [1.165, 1.54) is 6.08 Å². The normalized spacial score (nSPS) is 9.86. The first-order chi connectivity index (χ1) is 3.27. The lowest BCUT2D eigenvalue weighted by molar-refractivity contribution is -0.113. The van der Waals surface area contributed by atoms with E-state index in [2.05, 4.69) is 5.73 Å². The van der Waals surface area contributed by atoms with Crippen LogP contribution >= 0.6 is 0 Å². The second-order valence-corrected chi connectivity index (χ2v) is 0.971. The summed E-state index contributed by atoms with van der Waals surface area (Å²) in [5.41, 5.74) is 4.61. The molecule has 0 aliphatic rings. The molecule has 3 heteroatoms. The highest BCUT2D eigenvalue weighted by Gasteiger charge is 1.77. The molecule has 1 radical (unpaired) electrons. The Morgan fingerprint density at radius 2 is 2.29 bits per heavy atom. The Balaban J connectivity index is 3.26. The summed E-state index contributed by atoms with van der Waals surface area (Å²) in [4.78, 5) is 9.75. The zero-order chi connectivity index (χ0) is 5.70. The van der Waals surface area contributed by atoms with E-state index in [9.17, 15) is 9.90 Å². The highest BCUT2D eigenvalue weighted by atomic mass is 16.2. The monoisotopic (exact) mass is 100 g/mol. The number of carbonyl (C=O) groups excluding carboxylic acids is 1. The van der Waals surface area contributed by atoms with Gasteiger partial charge in [0, 0.05) is 6.08 Å². The van der Waals surface area contributed by atoms with Gasteiger partial charge >= 0.3 is 0 Å². The summed E-state index contributed by atoms with van der Waals surface area (Å²) < 4.78 is 0. The lowest BCUT2D eigenvalue weighted by Crippen LogP contribution is -2.05. The predicted octanol–water partition coefficient (Wildman–Crippen LogP) is -0.542. The maximum Gasteiger partial charge on any atom is 0.241 e. The van der Waals surface area contributed by atoms with Gasteiger partial charge in [0.1, 0.15) is 6.61 Å². The van der Waals surface area contributed by atoms with Gasteiger partial charge in [0.15, 0.2) is 0 Å². The van der Waals surface area contributed by atoms with Crippen LogP contribution in [0.3, 0.4) is 0 Å². The maximum absolute atomic E-state index is 9.75. The predicted molar refractivity (Wildman–Crippen MR) is 23.9 cm³/mol. The average Bonchev–Trinajstić information content (AvgIpc) is 1.61. The van der Waals surface area contributed by atoms with Crippen LogP contribution in [-0.4, -0.2) is 12.5 Å². The van der Waals surface area contributed by atoms with Gasteiger partial charge in [-0.2, -0.15) is 0 Å². The number of carbonyl (C=O) groups is 1. The fraction of sp³-hybridized carbons (Fsp3) is 0.250. The third-order valence-electron chi connectivity index (χ3n) is 0.378. The van der Waals surface area contributed by atoms with Gasteiger partial charge in [0.2, 0.25) is 5.91 Å². The van der Waals surface area contributed by atoms with Crippen molar-refractivity contribution in [1.82, 2.24) is 0 Å². The summed E-state index contributed by atoms with van der Waals surface area (Å²) in [6.07, 6.45) is 2.22. The van der Waals surface area contributed by atoms with Crippen LogP contribution in [0.15, 0.2) is 12.2 Å².